The van der Waals surface area contributed by atoms with E-state index in [0.29, 0.717) is 6.92 Å². The number of ether oxygens (including phenoxy) is 1. The van der Waals surface area contributed by atoms with E-state index < -0.39 is 23.8 Å². The Kier molecular flexibility index (Phi) is 4.59. The van der Waals surface area contributed by atoms with Gasteiger partial charge < -0.3 is 9.84 Å². The minimum absolute atomic E-state index is 0.215. The number of nitrogens with one attached hydrogen (secondary N) is 1. The molecule has 0 saturated carbocycles. The predicted molar refractivity (Wildman–Crippen MR) is 90.3 cm³/mol. The quantitative estimate of drug-likeness (QED) is 0.844. The van der Waals surface area contributed by atoms with Crippen LogP contribution in [0, 0.1) is 0 Å². The average Bonchev–Trinajstić information content (AvgIpc) is 2.93. The van der Waals surface area contributed by atoms with Crippen molar-refractivity contribution >= 4 is 12.1 Å². The van der Waals surface area contributed by atoms with Crippen molar-refractivity contribution < 1.29 is 32.6 Å². The number of halogens is 3. The Morgan fingerprint density at radius 3 is 1.96 bits per heavy atom. The Hall–Kier alpha value is -3.03. The summed E-state index contributed by atoms with van der Waals surface area (Å²) in [6, 6.07) is 14.9. The number of alkyl halides is 3. The van der Waals surface area contributed by atoms with Crippen LogP contribution in [0.15, 0.2) is 48.5 Å². The summed E-state index contributed by atoms with van der Waals surface area (Å²) in [5, 5.41) is 10.3. The van der Waals surface area contributed by atoms with Crippen LogP contribution in [0.4, 0.5) is 18.0 Å². The lowest BCUT2D eigenvalue weighted by Gasteiger charge is -2.28. The fourth-order valence-electron chi connectivity index (χ4n) is 3.08. The zero-order chi connectivity index (χ0) is 19.8. The Morgan fingerprint density at radius 1 is 1.04 bits per heavy atom. The molecule has 1 aliphatic carbocycles. The van der Waals surface area contributed by atoms with Crippen LogP contribution in [0.3, 0.4) is 0 Å². The summed E-state index contributed by atoms with van der Waals surface area (Å²) < 4.78 is 44.0. The van der Waals surface area contributed by atoms with Crippen LogP contribution < -0.4 is 5.32 Å². The third-order valence-electron chi connectivity index (χ3n) is 4.69. The number of hydrogen-bond donors (Lipinski definition) is 2. The SMILES string of the molecule is CC(NC(=O)OCC1c2ccccc2-c2ccccc21)(C(=O)O)C(F)(F)F. The molecule has 5 nitrogen and oxygen atoms in total. The molecule has 0 bridgehead atoms. The van der Waals surface area contributed by atoms with E-state index in [0.717, 1.165) is 22.3 Å². The molecule has 0 spiro atoms. The molecule has 8 heteroatoms. The molecule has 0 aliphatic heterocycles. The van der Waals surface area contributed by atoms with Crippen LogP contribution in [0.1, 0.15) is 24.0 Å². The Labute approximate surface area is 152 Å². The van der Waals surface area contributed by atoms with Crippen molar-refractivity contribution in [1.82, 2.24) is 5.32 Å². The molecule has 142 valence electrons. The van der Waals surface area contributed by atoms with Gasteiger partial charge in [0.15, 0.2) is 0 Å². The minimum Gasteiger partial charge on any atom is -0.479 e. The van der Waals surface area contributed by atoms with Crippen molar-refractivity contribution in [3.63, 3.8) is 0 Å². The fourth-order valence-corrected chi connectivity index (χ4v) is 3.08. The predicted octanol–water partition coefficient (Wildman–Crippen LogP) is 3.93. The van der Waals surface area contributed by atoms with Crippen LogP contribution in [-0.4, -0.2) is 35.5 Å². The molecule has 2 aromatic rings. The number of carbonyl (C=O) groups is 2. The van der Waals surface area contributed by atoms with E-state index in [-0.39, 0.29) is 12.5 Å². The maximum Gasteiger partial charge on any atom is 0.422 e. The summed E-state index contributed by atoms with van der Waals surface area (Å²) in [5.41, 5.74) is 0.280. The highest BCUT2D eigenvalue weighted by Gasteiger charge is 2.59. The first-order chi connectivity index (χ1) is 12.6. The first kappa shape index (κ1) is 18.8. The van der Waals surface area contributed by atoms with E-state index in [4.69, 9.17) is 9.84 Å². The van der Waals surface area contributed by atoms with E-state index in [1.54, 1.807) is 0 Å². The van der Waals surface area contributed by atoms with E-state index in [2.05, 4.69) is 0 Å². The van der Waals surface area contributed by atoms with Gasteiger partial charge in [-0.25, -0.2) is 9.59 Å². The number of hydrogen-bond acceptors (Lipinski definition) is 3. The van der Waals surface area contributed by atoms with Gasteiger partial charge in [-0.2, -0.15) is 13.2 Å². The molecule has 1 aliphatic rings. The van der Waals surface area contributed by atoms with Crippen LogP contribution in [0.25, 0.3) is 11.1 Å². The van der Waals surface area contributed by atoms with Gasteiger partial charge in [-0.3, -0.25) is 5.32 Å². The molecule has 27 heavy (non-hydrogen) atoms. The Bertz CT molecular complexity index is 851. The maximum atomic E-state index is 13.0. The molecule has 1 amide bonds. The van der Waals surface area contributed by atoms with Gasteiger partial charge in [-0.1, -0.05) is 48.5 Å². The van der Waals surface area contributed by atoms with Crippen molar-refractivity contribution in [3.05, 3.63) is 59.7 Å². The number of carboxylic acid groups (broad SMARTS) is 1. The second-order valence-electron chi connectivity index (χ2n) is 6.38. The molecule has 0 heterocycles. The summed E-state index contributed by atoms with van der Waals surface area (Å²) in [7, 11) is 0. The van der Waals surface area contributed by atoms with Crippen molar-refractivity contribution in [2.24, 2.45) is 0 Å². The first-order valence-corrected chi connectivity index (χ1v) is 8.08. The summed E-state index contributed by atoms with van der Waals surface area (Å²) in [4.78, 5) is 22.9. The van der Waals surface area contributed by atoms with Crippen molar-refractivity contribution in [1.29, 1.82) is 0 Å². The second kappa shape index (κ2) is 6.61. The van der Waals surface area contributed by atoms with Gasteiger partial charge in [0.1, 0.15) is 6.61 Å². The number of aliphatic carboxylic acids is 1. The van der Waals surface area contributed by atoms with Gasteiger partial charge in [-0.15, -0.1) is 0 Å². The van der Waals surface area contributed by atoms with Gasteiger partial charge >= 0.3 is 18.2 Å². The molecule has 1 unspecified atom stereocenters. The number of carbonyl (C=O) groups excluding carboxylic acids is 1. The van der Waals surface area contributed by atoms with E-state index in [9.17, 15) is 22.8 Å². The van der Waals surface area contributed by atoms with Crippen LogP contribution in [-0.2, 0) is 9.53 Å². The fraction of sp³-hybridized carbons (Fsp3) is 0.263. The highest BCUT2D eigenvalue weighted by atomic mass is 19.4. The number of fused-ring (bicyclic) bond motifs is 3. The van der Waals surface area contributed by atoms with E-state index in [1.165, 1.54) is 5.32 Å². The Morgan fingerprint density at radius 2 is 1.52 bits per heavy atom. The monoisotopic (exact) mass is 379 g/mol. The zero-order valence-corrected chi connectivity index (χ0v) is 14.2. The van der Waals surface area contributed by atoms with Crippen LogP contribution in [0.2, 0.25) is 0 Å². The maximum absolute atomic E-state index is 13.0. The average molecular weight is 379 g/mol. The molecule has 2 aromatic carbocycles. The van der Waals surface area contributed by atoms with Crippen molar-refractivity contribution in [2.75, 3.05) is 6.61 Å². The second-order valence-corrected chi connectivity index (χ2v) is 6.38. The number of benzene rings is 2. The van der Waals surface area contributed by atoms with Crippen LogP contribution in [0.5, 0.6) is 0 Å². The minimum atomic E-state index is -5.18. The molecule has 0 fully saturated rings. The highest BCUT2D eigenvalue weighted by Crippen LogP contribution is 2.44. The van der Waals surface area contributed by atoms with Gasteiger partial charge in [-0.05, 0) is 29.2 Å². The van der Waals surface area contributed by atoms with Crippen molar-refractivity contribution in [3.8, 4) is 11.1 Å². The smallest absolute Gasteiger partial charge is 0.422 e. The normalized spacial score (nSPS) is 15.4. The third-order valence-corrected chi connectivity index (χ3v) is 4.69. The molecule has 1 atom stereocenters. The molecule has 3 rings (SSSR count). The number of rotatable bonds is 4. The Balaban J connectivity index is 1.77. The lowest BCUT2D eigenvalue weighted by Crippen LogP contribution is -2.62. The molecule has 0 saturated heterocycles. The van der Waals surface area contributed by atoms with E-state index in [1.807, 2.05) is 48.5 Å². The summed E-state index contributed by atoms with van der Waals surface area (Å²) in [6.07, 6.45) is -6.62. The molecule has 0 aromatic heterocycles. The van der Waals surface area contributed by atoms with Gasteiger partial charge in [0.25, 0.3) is 0 Å². The number of amides is 1. The van der Waals surface area contributed by atoms with Crippen molar-refractivity contribution in [2.45, 2.75) is 24.6 Å². The topological polar surface area (TPSA) is 75.6 Å². The molecule has 2 N–H and O–H groups in total. The van der Waals surface area contributed by atoms with E-state index >= 15 is 0 Å². The lowest BCUT2D eigenvalue weighted by molar-refractivity contribution is -0.204. The summed E-state index contributed by atoms with van der Waals surface area (Å²) in [5.74, 6) is -2.56. The summed E-state index contributed by atoms with van der Waals surface area (Å²) in [6.45, 7) is 0.157. The number of carboxylic acids is 1. The number of alkyl carbamates (subject to hydrolysis) is 1. The summed E-state index contributed by atoms with van der Waals surface area (Å²) >= 11 is 0. The largest absolute Gasteiger partial charge is 0.479 e. The zero-order valence-electron chi connectivity index (χ0n) is 14.2. The van der Waals surface area contributed by atoms with Gasteiger partial charge in [0.05, 0.1) is 0 Å². The highest BCUT2D eigenvalue weighted by molar-refractivity contribution is 5.85. The standard InChI is InChI=1S/C19H16F3NO4/c1-18(16(24)25,19(20,21)22)23-17(26)27-10-15-13-8-4-2-6-11(13)12-7-3-5-9-14(12)15/h2-9,15H,10H2,1H3,(H,23,26)(H,24,25). The lowest BCUT2D eigenvalue weighted by atomic mass is 9.98. The third kappa shape index (κ3) is 3.22. The van der Waals surface area contributed by atoms with Gasteiger partial charge in [0.2, 0.25) is 5.54 Å². The molecule has 0 radical (unpaired) electrons. The van der Waals surface area contributed by atoms with Crippen LogP contribution >= 0.6 is 0 Å². The first-order valence-electron chi connectivity index (χ1n) is 8.08. The molecular formula is C19H16F3NO4. The van der Waals surface area contributed by atoms with Gasteiger partial charge in [0, 0.05) is 5.92 Å². The molecular weight excluding hydrogens is 363 g/mol.